The van der Waals surface area contributed by atoms with Crippen molar-refractivity contribution in [3.05, 3.63) is 108 Å². The van der Waals surface area contributed by atoms with E-state index in [0.717, 1.165) is 16.7 Å². The van der Waals surface area contributed by atoms with E-state index in [4.69, 9.17) is 20.4 Å². The summed E-state index contributed by atoms with van der Waals surface area (Å²) in [7, 11) is 0. The van der Waals surface area contributed by atoms with E-state index in [0.29, 0.717) is 22.5 Å². The predicted octanol–water partition coefficient (Wildman–Crippen LogP) is 6.04. The Morgan fingerprint density at radius 2 is 1.46 bits per heavy atom. The van der Waals surface area contributed by atoms with Gasteiger partial charge >= 0.3 is 6.09 Å². The number of aromatic nitrogens is 3. The molecule has 0 spiro atoms. The fourth-order valence-electron chi connectivity index (χ4n) is 4.10. The highest BCUT2D eigenvalue weighted by molar-refractivity contribution is 5.94. The quantitative estimate of drug-likeness (QED) is 0.255. The minimum absolute atomic E-state index is 0.238. The Labute approximate surface area is 214 Å². The number of hydrogen-bond acceptors (Lipinski definition) is 7. The standard InChI is InChI=1S/C29H26N6O2/c1-2-37-29(36)33-23-18-22-26(34-25(27(30)31-22)21-16-10-5-11-17-21)28(32-23)35-24(19-12-6-3-7-13-19)20-14-8-4-9-15-20/h3-18,24H,2H2,1H3,(H2,30,31)(H2,32,33,35,36). The number of anilines is 3. The number of carbonyl (C=O) groups is 1. The Bertz CT molecular complexity index is 1470. The van der Waals surface area contributed by atoms with E-state index in [1.165, 1.54) is 0 Å². The van der Waals surface area contributed by atoms with Crippen LogP contribution >= 0.6 is 0 Å². The molecule has 0 saturated heterocycles. The molecule has 0 bridgehead atoms. The lowest BCUT2D eigenvalue weighted by Gasteiger charge is -2.22. The van der Waals surface area contributed by atoms with Gasteiger partial charge in [-0.05, 0) is 18.1 Å². The summed E-state index contributed by atoms with van der Waals surface area (Å²) in [4.78, 5) is 26.4. The van der Waals surface area contributed by atoms with Gasteiger partial charge in [0.25, 0.3) is 0 Å². The number of hydrogen-bond donors (Lipinski definition) is 3. The van der Waals surface area contributed by atoms with Crippen LogP contribution in [0.25, 0.3) is 22.3 Å². The third kappa shape index (κ3) is 5.33. The molecular formula is C29H26N6O2. The number of nitrogen functional groups attached to an aromatic ring is 1. The molecule has 3 aromatic carbocycles. The van der Waals surface area contributed by atoms with Crippen LogP contribution in [0, 0.1) is 0 Å². The Hall–Kier alpha value is -4.98. The molecule has 8 nitrogen and oxygen atoms in total. The molecule has 2 heterocycles. The summed E-state index contributed by atoms with van der Waals surface area (Å²) in [5.41, 5.74) is 10.8. The monoisotopic (exact) mass is 490 g/mol. The second-order valence-electron chi connectivity index (χ2n) is 8.29. The lowest BCUT2D eigenvalue weighted by atomic mass is 9.98. The average molecular weight is 491 g/mol. The molecule has 5 rings (SSSR count). The Kier molecular flexibility index (Phi) is 6.89. The number of rotatable bonds is 7. The summed E-state index contributed by atoms with van der Waals surface area (Å²) in [6, 6.07) is 31.1. The number of nitrogens with two attached hydrogens (primary N) is 1. The number of amides is 1. The van der Waals surface area contributed by atoms with Gasteiger partial charge in [-0.3, -0.25) is 5.32 Å². The summed E-state index contributed by atoms with van der Waals surface area (Å²) in [6.45, 7) is 1.98. The van der Waals surface area contributed by atoms with Crippen LogP contribution in [0.2, 0.25) is 0 Å². The maximum absolute atomic E-state index is 12.2. The van der Waals surface area contributed by atoms with Gasteiger partial charge in [0, 0.05) is 11.6 Å². The zero-order valence-corrected chi connectivity index (χ0v) is 20.3. The summed E-state index contributed by atoms with van der Waals surface area (Å²) >= 11 is 0. The van der Waals surface area contributed by atoms with Gasteiger partial charge in [-0.25, -0.2) is 19.7 Å². The first kappa shape index (κ1) is 23.7. The van der Waals surface area contributed by atoms with Crippen LogP contribution in [0.3, 0.4) is 0 Å². The van der Waals surface area contributed by atoms with Gasteiger partial charge in [-0.15, -0.1) is 0 Å². The first-order valence-electron chi connectivity index (χ1n) is 12.0. The van der Waals surface area contributed by atoms with Crippen LogP contribution in [-0.4, -0.2) is 27.7 Å². The van der Waals surface area contributed by atoms with E-state index in [9.17, 15) is 4.79 Å². The van der Waals surface area contributed by atoms with Gasteiger partial charge in [0.2, 0.25) is 0 Å². The Morgan fingerprint density at radius 3 is 2.05 bits per heavy atom. The summed E-state index contributed by atoms with van der Waals surface area (Å²) in [5, 5.41) is 6.22. The molecule has 184 valence electrons. The highest BCUT2D eigenvalue weighted by atomic mass is 16.5. The molecule has 0 aliphatic rings. The number of nitrogens with one attached hydrogen (secondary N) is 2. The largest absolute Gasteiger partial charge is 0.450 e. The number of ether oxygens (including phenoxy) is 1. The number of pyridine rings is 1. The van der Waals surface area contributed by atoms with Gasteiger partial charge in [0.05, 0.1) is 18.2 Å². The number of nitrogens with zero attached hydrogens (tertiary/aromatic N) is 3. The summed E-state index contributed by atoms with van der Waals surface area (Å²) in [6.07, 6.45) is -0.607. The van der Waals surface area contributed by atoms with E-state index < -0.39 is 6.09 Å². The van der Waals surface area contributed by atoms with Crippen molar-refractivity contribution >= 4 is 34.6 Å². The van der Waals surface area contributed by atoms with E-state index in [1.807, 2.05) is 91.0 Å². The smallest absolute Gasteiger partial charge is 0.412 e. The molecular weight excluding hydrogens is 464 g/mol. The second-order valence-corrected chi connectivity index (χ2v) is 8.29. The third-order valence-corrected chi connectivity index (χ3v) is 5.78. The van der Waals surface area contributed by atoms with E-state index in [1.54, 1.807) is 13.0 Å². The molecule has 2 aromatic heterocycles. The lowest BCUT2D eigenvalue weighted by molar-refractivity contribution is 0.168. The van der Waals surface area contributed by atoms with Crippen LogP contribution in [-0.2, 0) is 4.74 Å². The zero-order valence-electron chi connectivity index (χ0n) is 20.3. The van der Waals surface area contributed by atoms with Crippen molar-refractivity contribution in [3.63, 3.8) is 0 Å². The third-order valence-electron chi connectivity index (χ3n) is 5.78. The second kappa shape index (κ2) is 10.7. The van der Waals surface area contributed by atoms with Gasteiger partial charge in [0.1, 0.15) is 17.0 Å². The molecule has 0 aliphatic heterocycles. The van der Waals surface area contributed by atoms with Crippen LogP contribution in [0.15, 0.2) is 97.1 Å². The molecule has 0 unspecified atom stereocenters. The van der Waals surface area contributed by atoms with Crippen molar-refractivity contribution in [2.75, 3.05) is 23.0 Å². The Morgan fingerprint density at radius 1 is 0.865 bits per heavy atom. The molecule has 0 saturated carbocycles. The molecule has 4 N–H and O–H groups in total. The SMILES string of the molecule is CCOC(=O)Nc1cc2nc(N)c(-c3ccccc3)nc2c(NC(c2ccccc2)c2ccccc2)n1. The zero-order chi connectivity index (χ0) is 25.6. The number of carbonyl (C=O) groups excluding carboxylic acids is 1. The maximum Gasteiger partial charge on any atom is 0.412 e. The fourth-order valence-corrected chi connectivity index (χ4v) is 4.10. The minimum Gasteiger partial charge on any atom is -0.450 e. The van der Waals surface area contributed by atoms with Crippen LogP contribution in [0.5, 0.6) is 0 Å². The van der Waals surface area contributed by atoms with Gasteiger partial charge < -0.3 is 15.8 Å². The number of fused-ring (bicyclic) bond motifs is 1. The van der Waals surface area contributed by atoms with Crippen molar-refractivity contribution in [2.45, 2.75) is 13.0 Å². The van der Waals surface area contributed by atoms with Crippen LogP contribution < -0.4 is 16.4 Å². The summed E-state index contributed by atoms with van der Waals surface area (Å²) < 4.78 is 5.05. The Balaban J connectivity index is 1.67. The van der Waals surface area contributed by atoms with Crippen LogP contribution in [0.4, 0.5) is 22.2 Å². The van der Waals surface area contributed by atoms with Crippen molar-refractivity contribution in [3.8, 4) is 11.3 Å². The van der Waals surface area contributed by atoms with Crippen molar-refractivity contribution in [1.82, 2.24) is 15.0 Å². The molecule has 0 radical (unpaired) electrons. The van der Waals surface area contributed by atoms with Crippen molar-refractivity contribution < 1.29 is 9.53 Å². The van der Waals surface area contributed by atoms with E-state index in [2.05, 4.69) is 15.6 Å². The van der Waals surface area contributed by atoms with Gasteiger partial charge in [-0.2, -0.15) is 0 Å². The highest BCUT2D eigenvalue weighted by Crippen LogP contribution is 2.33. The lowest BCUT2D eigenvalue weighted by Crippen LogP contribution is -2.17. The van der Waals surface area contributed by atoms with Crippen molar-refractivity contribution in [2.24, 2.45) is 0 Å². The first-order valence-corrected chi connectivity index (χ1v) is 12.0. The van der Waals surface area contributed by atoms with E-state index >= 15 is 0 Å². The van der Waals surface area contributed by atoms with Crippen molar-refractivity contribution in [1.29, 1.82) is 0 Å². The average Bonchev–Trinajstić information content (AvgIpc) is 2.93. The normalized spacial score (nSPS) is 10.9. The predicted molar refractivity (Wildman–Crippen MR) is 146 cm³/mol. The highest BCUT2D eigenvalue weighted by Gasteiger charge is 2.20. The van der Waals surface area contributed by atoms with E-state index in [-0.39, 0.29) is 24.3 Å². The van der Waals surface area contributed by atoms with Gasteiger partial charge in [-0.1, -0.05) is 91.0 Å². The first-order chi connectivity index (χ1) is 18.1. The molecule has 37 heavy (non-hydrogen) atoms. The molecule has 0 atom stereocenters. The molecule has 0 aliphatic carbocycles. The topological polar surface area (TPSA) is 115 Å². The molecule has 1 amide bonds. The van der Waals surface area contributed by atoms with Crippen LogP contribution in [0.1, 0.15) is 24.1 Å². The molecule has 5 aromatic rings. The molecule has 8 heteroatoms. The summed E-state index contributed by atoms with van der Waals surface area (Å²) in [5.74, 6) is 1.00. The minimum atomic E-state index is -0.607. The molecule has 0 fully saturated rings. The maximum atomic E-state index is 12.2. The fraction of sp³-hybridized carbons (Fsp3) is 0.103. The number of benzene rings is 3. The van der Waals surface area contributed by atoms with Gasteiger partial charge in [0.15, 0.2) is 11.6 Å².